The molecule has 32 heavy (non-hydrogen) atoms. The highest BCUT2D eigenvalue weighted by Crippen LogP contribution is 2.29. The molecule has 1 aliphatic rings. The third-order valence-corrected chi connectivity index (χ3v) is 6.17. The predicted molar refractivity (Wildman–Crippen MR) is 127 cm³/mol. The Morgan fingerprint density at radius 2 is 1.44 bits per heavy atom. The highest BCUT2D eigenvalue weighted by atomic mass is 15.6. The van der Waals surface area contributed by atoms with Gasteiger partial charge in [-0.3, -0.25) is 4.90 Å². The van der Waals surface area contributed by atoms with Crippen LogP contribution in [-0.4, -0.2) is 51.3 Å². The summed E-state index contributed by atoms with van der Waals surface area (Å²) in [4.78, 5) is 4.97. The van der Waals surface area contributed by atoms with Crippen molar-refractivity contribution in [1.29, 1.82) is 0 Å². The second-order valence-corrected chi connectivity index (χ2v) is 8.35. The van der Waals surface area contributed by atoms with Crippen LogP contribution in [0, 0.1) is 6.92 Å². The van der Waals surface area contributed by atoms with Crippen LogP contribution in [0.5, 0.6) is 0 Å². The quantitative estimate of drug-likeness (QED) is 0.469. The first kappa shape index (κ1) is 20.4. The number of hydrogen-bond donors (Lipinski definition) is 0. The summed E-state index contributed by atoms with van der Waals surface area (Å²) in [6.07, 6.45) is 0. The molecule has 0 amide bonds. The summed E-state index contributed by atoms with van der Waals surface area (Å²) < 4.78 is 1.95. The third-order valence-electron chi connectivity index (χ3n) is 6.17. The minimum atomic E-state index is 0.0206. The molecule has 5 rings (SSSR count). The van der Waals surface area contributed by atoms with Gasteiger partial charge in [-0.15, -0.1) is 5.10 Å². The van der Waals surface area contributed by atoms with Gasteiger partial charge in [0.15, 0.2) is 5.82 Å². The summed E-state index contributed by atoms with van der Waals surface area (Å²) >= 11 is 0. The lowest BCUT2D eigenvalue weighted by molar-refractivity contribution is 0.201. The third kappa shape index (κ3) is 4.41. The molecular formula is C26H28N6. The van der Waals surface area contributed by atoms with Crippen LogP contribution in [0.2, 0.25) is 0 Å². The van der Waals surface area contributed by atoms with Crippen molar-refractivity contribution in [2.75, 3.05) is 31.1 Å². The molecule has 0 saturated carbocycles. The molecule has 3 aromatic carbocycles. The van der Waals surface area contributed by atoms with E-state index in [9.17, 15) is 0 Å². The van der Waals surface area contributed by atoms with Crippen LogP contribution in [0.15, 0.2) is 84.9 Å². The van der Waals surface area contributed by atoms with Crippen LogP contribution in [0.25, 0.3) is 0 Å². The molecule has 1 aliphatic heterocycles. The normalized spacial score (nSPS) is 15.6. The average molecular weight is 425 g/mol. The van der Waals surface area contributed by atoms with Gasteiger partial charge in [0.1, 0.15) is 0 Å². The highest BCUT2D eigenvalue weighted by molar-refractivity contribution is 5.46. The maximum absolute atomic E-state index is 4.51. The minimum absolute atomic E-state index is 0.0206. The van der Waals surface area contributed by atoms with Crippen molar-refractivity contribution in [2.24, 2.45) is 0 Å². The van der Waals surface area contributed by atoms with Gasteiger partial charge >= 0.3 is 0 Å². The van der Waals surface area contributed by atoms with E-state index in [4.69, 9.17) is 0 Å². The lowest BCUT2D eigenvalue weighted by Crippen LogP contribution is -2.48. The van der Waals surface area contributed by atoms with E-state index >= 15 is 0 Å². The molecule has 6 nitrogen and oxygen atoms in total. The smallest absolute Gasteiger partial charge is 0.173 e. The van der Waals surface area contributed by atoms with E-state index in [1.54, 1.807) is 0 Å². The van der Waals surface area contributed by atoms with E-state index in [2.05, 4.69) is 111 Å². The number of nitrogens with zero attached hydrogens (tertiary/aromatic N) is 6. The maximum atomic E-state index is 4.51. The molecular weight excluding hydrogens is 396 g/mol. The van der Waals surface area contributed by atoms with Gasteiger partial charge in [-0.1, -0.05) is 78.4 Å². The number of benzene rings is 3. The summed E-state index contributed by atoms with van der Waals surface area (Å²) in [6.45, 7) is 6.64. The molecule has 1 fully saturated rings. The Morgan fingerprint density at radius 1 is 0.781 bits per heavy atom. The van der Waals surface area contributed by atoms with E-state index in [1.807, 2.05) is 10.7 Å². The molecule has 0 aliphatic carbocycles. The van der Waals surface area contributed by atoms with Crippen molar-refractivity contribution >= 4 is 5.69 Å². The second kappa shape index (κ2) is 9.32. The number of para-hydroxylation sites is 1. The average Bonchev–Trinajstić information content (AvgIpc) is 3.30. The van der Waals surface area contributed by atoms with Gasteiger partial charge in [0.05, 0.1) is 12.6 Å². The molecule has 162 valence electrons. The van der Waals surface area contributed by atoms with Gasteiger partial charge < -0.3 is 4.90 Å². The van der Waals surface area contributed by atoms with Crippen LogP contribution >= 0.6 is 0 Å². The molecule has 0 bridgehead atoms. The predicted octanol–water partition coefficient (Wildman–Crippen LogP) is 3.94. The van der Waals surface area contributed by atoms with E-state index in [0.29, 0.717) is 6.54 Å². The van der Waals surface area contributed by atoms with E-state index in [-0.39, 0.29) is 6.04 Å². The largest absolute Gasteiger partial charge is 0.369 e. The Balaban J connectivity index is 1.43. The van der Waals surface area contributed by atoms with Crippen LogP contribution in [0.4, 0.5) is 5.69 Å². The van der Waals surface area contributed by atoms with Gasteiger partial charge in [-0.2, -0.15) is 0 Å². The van der Waals surface area contributed by atoms with Crippen molar-refractivity contribution in [1.82, 2.24) is 25.1 Å². The molecule has 0 N–H and O–H groups in total. The van der Waals surface area contributed by atoms with Crippen molar-refractivity contribution in [3.05, 3.63) is 107 Å². The number of aromatic nitrogens is 4. The lowest BCUT2D eigenvalue weighted by Gasteiger charge is -2.40. The molecule has 0 radical (unpaired) electrons. The molecule has 1 unspecified atom stereocenters. The molecule has 1 aromatic heterocycles. The van der Waals surface area contributed by atoms with E-state index < -0.39 is 0 Å². The SMILES string of the molecule is Cc1ccc(C(c2nnnn2Cc2ccccc2)N2CCN(c3ccccc3)CC2)cc1. The molecule has 2 heterocycles. The van der Waals surface area contributed by atoms with Gasteiger partial charge in [-0.05, 0) is 40.6 Å². The van der Waals surface area contributed by atoms with Gasteiger partial charge in [0, 0.05) is 31.9 Å². The monoisotopic (exact) mass is 424 g/mol. The first-order chi connectivity index (χ1) is 15.8. The second-order valence-electron chi connectivity index (χ2n) is 8.35. The summed E-state index contributed by atoms with van der Waals surface area (Å²) in [5, 5.41) is 12.9. The number of anilines is 1. The van der Waals surface area contributed by atoms with Gasteiger partial charge in [-0.25, -0.2) is 4.68 Å². The first-order valence-electron chi connectivity index (χ1n) is 11.2. The molecule has 1 saturated heterocycles. The molecule has 0 spiro atoms. The Bertz CT molecular complexity index is 1120. The van der Waals surface area contributed by atoms with Crippen LogP contribution in [-0.2, 0) is 6.54 Å². The molecule has 6 heteroatoms. The minimum Gasteiger partial charge on any atom is -0.369 e. The lowest BCUT2D eigenvalue weighted by atomic mass is 10.0. The van der Waals surface area contributed by atoms with E-state index in [0.717, 1.165) is 32.0 Å². The number of aryl methyl sites for hydroxylation is 1. The van der Waals surface area contributed by atoms with Crippen molar-refractivity contribution in [2.45, 2.75) is 19.5 Å². The Morgan fingerprint density at radius 3 is 2.12 bits per heavy atom. The number of rotatable bonds is 6. The summed E-state index contributed by atoms with van der Waals surface area (Å²) in [5.41, 5.74) is 4.96. The zero-order valence-corrected chi connectivity index (χ0v) is 18.4. The Hall–Kier alpha value is -3.51. The standard InChI is InChI=1S/C26H28N6/c1-21-12-14-23(15-13-21)25(26-27-28-29-32(26)20-22-8-4-2-5-9-22)31-18-16-30(17-19-31)24-10-6-3-7-11-24/h2-15,25H,16-20H2,1H3. The maximum Gasteiger partial charge on any atom is 0.173 e. The van der Waals surface area contributed by atoms with Crippen molar-refractivity contribution in [3.8, 4) is 0 Å². The van der Waals surface area contributed by atoms with Crippen LogP contribution in [0.3, 0.4) is 0 Å². The van der Waals surface area contributed by atoms with Gasteiger partial charge in [0.25, 0.3) is 0 Å². The topological polar surface area (TPSA) is 50.1 Å². The number of piperazine rings is 1. The van der Waals surface area contributed by atoms with Crippen molar-refractivity contribution in [3.63, 3.8) is 0 Å². The summed E-state index contributed by atoms with van der Waals surface area (Å²) in [7, 11) is 0. The first-order valence-corrected chi connectivity index (χ1v) is 11.2. The van der Waals surface area contributed by atoms with Crippen LogP contribution < -0.4 is 4.90 Å². The number of hydrogen-bond acceptors (Lipinski definition) is 5. The fraction of sp³-hybridized carbons (Fsp3) is 0.269. The van der Waals surface area contributed by atoms with Crippen molar-refractivity contribution < 1.29 is 0 Å². The fourth-order valence-corrected chi connectivity index (χ4v) is 4.43. The molecule has 1 atom stereocenters. The molecule has 4 aromatic rings. The Labute approximate surface area is 189 Å². The Kier molecular flexibility index (Phi) is 5.94. The fourth-order valence-electron chi connectivity index (χ4n) is 4.43. The van der Waals surface area contributed by atoms with E-state index in [1.165, 1.54) is 22.4 Å². The zero-order valence-electron chi connectivity index (χ0n) is 18.4. The number of tetrazole rings is 1. The highest BCUT2D eigenvalue weighted by Gasteiger charge is 2.30. The van der Waals surface area contributed by atoms with Gasteiger partial charge in [0.2, 0.25) is 0 Å². The summed E-state index contributed by atoms with van der Waals surface area (Å²) in [5.74, 6) is 0.894. The zero-order chi connectivity index (χ0) is 21.8. The van der Waals surface area contributed by atoms with Crippen LogP contribution in [0.1, 0.15) is 28.6 Å². The summed E-state index contributed by atoms with van der Waals surface area (Å²) in [6, 6.07) is 29.8.